The van der Waals surface area contributed by atoms with Crippen LogP contribution in [0.4, 0.5) is 0 Å². The highest BCUT2D eigenvalue weighted by Gasteiger charge is 2.17. The molecule has 0 spiro atoms. The lowest BCUT2D eigenvalue weighted by molar-refractivity contribution is 1.00. The van der Waals surface area contributed by atoms with Crippen LogP contribution in [-0.4, -0.2) is 14.5 Å². The van der Waals surface area contributed by atoms with Crippen molar-refractivity contribution in [3.05, 3.63) is 152 Å². The van der Waals surface area contributed by atoms with Crippen LogP contribution in [-0.2, 0) is 0 Å². The van der Waals surface area contributed by atoms with Gasteiger partial charge in [0, 0.05) is 18.1 Å². The number of aryl methyl sites for hydroxylation is 1. The van der Waals surface area contributed by atoms with Crippen molar-refractivity contribution in [2.24, 2.45) is 0 Å². The van der Waals surface area contributed by atoms with E-state index in [-0.39, 0.29) is 0 Å². The van der Waals surface area contributed by atoms with Crippen molar-refractivity contribution in [1.82, 2.24) is 14.5 Å². The van der Waals surface area contributed by atoms with E-state index < -0.39 is 0 Å². The van der Waals surface area contributed by atoms with Gasteiger partial charge in [-0.05, 0) is 92.2 Å². The Morgan fingerprint density at radius 1 is 0.476 bits per heavy atom. The third kappa shape index (κ3) is 3.90. The highest BCUT2D eigenvalue weighted by molar-refractivity contribution is 6.21. The fourth-order valence-corrected chi connectivity index (χ4v) is 6.36. The molecule has 3 nitrogen and oxygen atoms in total. The maximum Gasteiger partial charge on any atom is 0.111 e. The zero-order valence-corrected chi connectivity index (χ0v) is 23.2. The second-order valence-electron chi connectivity index (χ2n) is 10.7. The van der Waals surface area contributed by atoms with Crippen molar-refractivity contribution in [2.75, 3.05) is 0 Å². The first kappa shape index (κ1) is 24.3. The number of fused-ring (bicyclic) bond motifs is 3. The van der Waals surface area contributed by atoms with E-state index in [4.69, 9.17) is 4.98 Å². The number of para-hydroxylation sites is 2. The minimum atomic E-state index is 0.985. The van der Waals surface area contributed by atoms with Crippen molar-refractivity contribution in [3.63, 3.8) is 0 Å². The molecular weight excluding hydrogens is 510 g/mol. The van der Waals surface area contributed by atoms with E-state index in [9.17, 15) is 0 Å². The van der Waals surface area contributed by atoms with Crippen molar-refractivity contribution in [2.45, 2.75) is 6.92 Å². The van der Waals surface area contributed by atoms with Gasteiger partial charge in [0.25, 0.3) is 0 Å². The lowest BCUT2D eigenvalue weighted by atomic mass is 9.85. The van der Waals surface area contributed by atoms with Gasteiger partial charge in [0.15, 0.2) is 0 Å². The molecule has 0 N–H and O–H groups in total. The van der Waals surface area contributed by atoms with Crippen LogP contribution >= 0.6 is 0 Å². The van der Waals surface area contributed by atoms with Gasteiger partial charge in [-0.2, -0.15) is 0 Å². The molecule has 0 fully saturated rings. The Balaban J connectivity index is 1.30. The van der Waals surface area contributed by atoms with Gasteiger partial charge in [-0.3, -0.25) is 9.55 Å². The number of hydrogen-bond acceptors (Lipinski definition) is 2. The lowest BCUT2D eigenvalue weighted by Gasteiger charge is -2.18. The van der Waals surface area contributed by atoms with Crippen LogP contribution in [0, 0.1) is 6.92 Å². The molecule has 2 aromatic heterocycles. The topological polar surface area (TPSA) is 30.7 Å². The van der Waals surface area contributed by atoms with Gasteiger partial charge < -0.3 is 0 Å². The Hall–Kier alpha value is -5.54. The van der Waals surface area contributed by atoms with Crippen LogP contribution in [0.5, 0.6) is 0 Å². The van der Waals surface area contributed by atoms with Crippen LogP contribution in [0.25, 0.3) is 71.6 Å². The number of aromatic nitrogens is 3. The third-order valence-corrected chi connectivity index (χ3v) is 8.24. The molecule has 0 unspecified atom stereocenters. The molecule has 0 amide bonds. The summed E-state index contributed by atoms with van der Waals surface area (Å²) in [4.78, 5) is 9.07. The monoisotopic (exact) mass is 537 g/mol. The predicted molar refractivity (Wildman–Crippen MR) is 175 cm³/mol. The number of hydrogen-bond donors (Lipinski definition) is 0. The van der Waals surface area contributed by atoms with Gasteiger partial charge in [-0.25, -0.2) is 4.98 Å². The molecule has 2 heterocycles. The normalized spacial score (nSPS) is 11.5. The molecular formula is C39H27N3. The molecule has 3 heteroatoms. The van der Waals surface area contributed by atoms with E-state index in [0.29, 0.717) is 0 Å². The Labute approximate surface area is 244 Å². The van der Waals surface area contributed by atoms with Gasteiger partial charge in [0.2, 0.25) is 0 Å². The van der Waals surface area contributed by atoms with E-state index in [1.807, 2.05) is 24.5 Å². The smallest absolute Gasteiger partial charge is 0.111 e. The molecule has 8 aromatic rings. The van der Waals surface area contributed by atoms with Crippen molar-refractivity contribution >= 4 is 32.6 Å². The minimum Gasteiger partial charge on any atom is -0.297 e. The summed E-state index contributed by atoms with van der Waals surface area (Å²) in [5.74, 6) is 0.985. The molecule has 8 rings (SSSR count). The summed E-state index contributed by atoms with van der Waals surface area (Å²) in [5, 5.41) is 5.00. The van der Waals surface area contributed by atoms with E-state index in [2.05, 4.69) is 138 Å². The summed E-state index contributed by atoms with van der Waals surface area (Å²) in [5.41, 5.74) is 10.5. The zero-order chi connectivity index (χ0) is 28.0. The minimum absolute atomic E-state index is 0.985. The molecule has 6 aromatic carbocycles. The molecule has 0 bridgehead atoms. The fourth-order valence-electron chi connectivity index (χ4n) is 6.36. The molecule has 0 aliphatic carbocycles. The van der Waals surface area contributed by atoms with Gasteiger partial charge in [0.05, 0.1) is 11.0 Å². The van der Waals surface area contributed by atoms with E-state index in [1.54, 1.807) is 0 Å². The molecule has 0 aliphatic heterocycles. The Morgan fingerprint density at radius 3 is 1.57 bits per heavy atom. The highest BCUT2D eigenvalue weighted by Crippen LogP contribution is 2.44. The number of pyridine rings is 1. The van der Waals surface area contributed by atoms with Gasteiger partial charge >= 0.3 is 0 Å². The van der Waals surface area contributed by atoms with Gasteiger partial charge in [-0.15, -0.1) is 0 Å². The fraction of sp³-hybridized carbons (Fsp3) is 0.0256. The van der Waals surface area contributed by atoms with Crippen LogP contribution in [0.1, 0.15) is 5.82 Å². The summed E-state index contributed by atoms with van der Waals surface area (Å²) in [7, 11) is 0. The van der Waals surface area contributed by atoms with Crippen molar-refractivity contribution in [1.29, 1.82) is 0 Å². The van der Waals surface area contributed by atoms with Crippen molar-refractivity contribution < 1.29 is 0 Å². The predicted octanol–water partition coefficient (Wildman–Crippen LogP) is 10.0. The molecule has 0 saturated carbocycles. The molecule has 42 heavy (non-hydrogen) atoms. The molecule has 0 saturated heterocycles. The Kier molecular flexibility index (Phi) is 5.68. The number of rotatable bonds is 4. The molecule has 0 aliphatic rings. The maximum absolute atomic E-state index is 4.77. The van der Waals surface area contributed by atoms with Crippen LogP contribution in [0.2, 0.25) is 0 Å². The average molecular weight is 538 g/mol. The molecule has 198 valence electrons. The summed E-state index contributed by atoms with van der Waals surface area (Å²) < 4.78 is 2.23. The van der Waals surface area contributed by atoms with Gasteiger partial charge in [0.1, 0.15) is 5.82 Å². The lowest BCUT2D eigenvalue weighted by Crippen LogP contribution is -1.97. The maximum atomic E-state index is 4.77. The van der Waals surface area contributed by atoms with Gasteiger partial charge in [-0.1, -0.05) is 103 Å². The van der Waals surface area contributed by atoms with Crippen LogP contribution < -0.4 is 0 Å². The third-order valence-electron chi connectivity index (χ3n) is 8.24. The molecule has 0 atom stereocenters. The van der Waals surface area contributed by atoms with Crippen LogP contribution in [0.3, 0.4) is 0 Å². The van der Waals surface area contributed by atoms with Crippen LogP contribution in [0.15, 0.2) is 146 Å². The number of imidazole rings is 1. The van der Waals surface area contributed by atoms with E-state index in [1.165, 1.54) is 43.8 Å². The number of nitrogens with zero attached hydrogens (tertiary/aromatic N) is 3. The first-order valence-electron chi connectivity index (χ1n) is 14.3. The van der Waals surface area contributed by atoms with E-state index in [0.717, 1.165) is 33.7 Å². The highest BCUT2D eigenvalue weighted by atomic mass is 15.1. The quantitative estimate of drug-likeness (QED) is 0.209. The summed E-state index contributed by atoms with van der Waals surface area (Å²) in [6.45, 7) is 2.07. The second-order valence-corrected chi connectivity index (χ2v) is 10.7. The largest absolute Gasteiger partial charge is 0.297 e. The Bertz CT molecular complexity index is 2170. The summed E-state index contributed by atoms with van der Waals surface area (Å²) in [6, 6.07) is 47.8. The Morgan fingerprint density at radius 2 is 1.00 bits per heavy atom. The summed E-state index contributed by atoms with van der Waals surface area (Å²) in [6.07, 6.45) is 3.72. The zero-order valence-electron chi connectivity index (χ0n) is 23.2. The second kappa shape index (κ2) is 9.83. The van der Waals surface area contributed by atoms with E-state index >= 15 is 0 Å². The average Bonchev–Trinajstić information content (AvgIpc) is 3.40. The number of benzene rings is 6. The SMILES string of the molecule is Cc1nc2ccccc2n1-c1ccc(-c2c3ccccc3c(-c3ccc(-c4cccnc4)cc3)c3ccccc23)cc1. The first-order chi connectivity index (χ1) is 20.8. The first-order valence-corrected chi connectivity index (χ1v) is 14.3. The molecule has 0 radical (unpaired) electrons. The summed E-state index contributed by atoms with van der Waals surface area (Å²) >= 11 is 0. The van der Waals surface area contributed by atoms with Crippen molar-refractivity contribution in [3.8, 4) is 39.1 Å². The standard InChI is InChI=1S/C39H27N3/c1-26-41-36-14-6-7-15-37(36)42(26)31-22-20-29(21-23-31)39-34-12-4-2-10-32(34)38(33-11-3-5-13-35(33)39)28-18-16-27(17-19-28)30-9-8-24-40-25-30/h2-25H,1H3.